The molecule has 0 aliphatic carbocycles. The van der Waals surface area contributed by atoms with Crippen LogP contribution in [0.15, 0.2) is 0 Å². The summed E-state index contributed by atoms with van der Waals surface area (Å²) in [6, 6.07) is 0. The minimum Gasteiger partial charge on any atom is -0.315 e. The van der Waals surface area contributed by atoms with Crippen molar-refractivity contribution in [3.63, 3.8) is 0 Å². The van der Waals surface area contributed by atoms with Crippen molar-refractivity contribution in [1.29, 1.82) is 0 Å². The second-order valence-electron chi connectivity index (χ2n) is 2.76. The Morgan fingerprint density at radius 2 is 1.73 bits per heavy atom. The fourth-order valence-electron chi connectivity index (χ4n) is 1.14. The minimum absolute atomic E-state index is 0. The van der Waals surface area contributed by atoms with Crippen LogP contribution in [0, 0.1) is 0 Å². The lowest BCUT2D eigenvalue weighted by molar-refractivity contribution is 0.306. The Labute approximate surface area is 81.5 Å². The van der Waals surface area contributed by atoms with Gasteiger partial charge in [0.05, 0.1) is 0 Å². The van der Waals surface area contributed by atoms with Crippen LogP contribution in [0.1, 0.15) is 12.8 Å². The third kappa shape index (κ3) is 6.88. The van der Waals surface area contributed by atoms with Crippen LogP contribution in [0.5, 0.6) is 0 Å². The molecule has 0 unspecified atom stereocenters. The molecule has 1 heterocycles. The van der Waals surface area contributed by atoms with E-state index in [4.69, 9.17) is 0 Å². The van der Waals surface area contributed by atoms with Crippen LogP contribution in [0.25, 0.3) is 0 Å². The van der Waals surface area contributed by atoms with E-state index in [9.17, 15) is 0 Å². The lowest BCUT2D eigenvalue weighted by atomic mass is 10.2. The van der Waals surface area contributed by atoms with Crippen LogP contribution in [-0.4, -0.2) is 38.1 Å². The zero-order chi connectivity index (χ0) is 6.53. The van der Waals surface area contributed by atoms with E-state index in [1.807, 2.05) is 0 Å². The summed E-state index contributed by atoms with van der Waals surface area (Å²) in [6.07, 6.45) is 2.69. The molecule has 0 aromatic rings. The van der Waals surface area contributed by atoms with Crippen molar-refractivity contribution in [3.8, 4) is 0 Å². The van der Waals surface area contributed by atoms with E-state index in [1.165, 1.54) is 32.5 Å². The van der Waals surface area contributed by atoms with Gasteiger partial charge in [-0.2, -0.15) is 0 Å². The summed E-state index contributed by atoms with van der Waals surface area (Å²) in [5.41, 5.74) is 0. The van der Waals surface area contributed by atoms with Crippen LogP contribution < -0.4 is 5.32 Å². The number of nitrogens with zero attached hydrogens (tertiary/aromatic N) is 1. The molecule has 0 amide bonds. The zero-order valence-electron chi connectivity index (χ0n) is 7.01. The molecule has 0 aromatic heterocycles. The van der Waals surface area contributed by atoms with Crippen molar-refractivity contribution in [2.24, 2.45) is 0 Å². The Morgan fingerprint density at radius 1 is 1.00 bits per heavy atom. The molecule has 1 aliphatic rings. The molecule has 1 saturated heterocycles. The van der Waals surface area contributed by atoms with Gasteiger partial charge in [-0.15, -0.1) is 24.8 Å². The zero-order valence-corrected chi connectivity index (χ0v) is 8.64. The molecule has 0 atom stereocenters. The summed E-state index contributed by atoms with van der Waals surface area (Å²) in [5.74, 6) is 0. The van der Waals surface area contributed by atoms with Gasteiger partial charge in [0.25, 0.3) is 0 Å². The van der Waals surface area contributed by atoms with Crippen molar-refractivity contribution >= 4 is 24.8 Å². The molecule has 1 N–H and O–H groups in total. The van der Waals surface area contributed by atoms with Gasteiger partial charge in [0.1, 0.15) is 0 Å². The summed E-state index contributed by atoms with van der Waals surface area (Å²) < 4.78 is 0. The fraction of sp³-hybridized carbons (Fsp3) is 1.00. The van der Waals surface area contributed by atoms with E-state index in [0.29, 0.717) is 0 Å². The molecule has 70 valence electrons. The molecule has 1 aliphatic heterocycles. The van der Waals surface area contributed by atoms with Gasteiger partial charge < -0.3 is 10.2 Å². The maximum Gasteiger partial charge on any atom is 0.0104 e. The van der Waals surface area contributed by atoms with Gasteiger partial charge >= 0.3 is 0 Å². The van der Waals surface area contributed by atoms with Gasteiger partial charge in [0.15, 0.2) is 0 Å². The van der Waals surface area contributed by atoms with Gasteiger partial charge in [-0.05, 0) is 33.0 Å². The molecule has 0 spiro atoms. The molecule has 2 nitrogen and oxygen atoms in total. The first kappa shape index (κ1) is 14.0. The predicted octanol–water partition coefficient (Wildman–Crippen LogP) is 1.15. The summed E-state index contributed by atoms with van der Waals surface area (Å²) in [5, 5.41) is 3.38. The first-order valence-corrected chi connectivity index (χ1v) is 3.79. The average Bonchev–Trinajstić information content (AvgIpc) is 1.79. The van der Waals surface area contributed by atoms with E-state index in [0.717, 1.165) is 6.54 Å². The van der Waals surface area contributed by atoms with Gasteiger partial charge in [-0.25, -0.2) is 0 Å². The van der Waals surface area contributed by atoms with Gasteiger partial charge in [0, 0.05) is 13.1 Å². The molecular weight excluding hydrogens is 183 g/mol. The number of nitrogens with one attached hydrogen (secondary N) is 1. The maximum absolute atomic E-state index is 3.38. The average molecular weight is 201 g/mol. The Kier molecular flexibility index (Phi) is 11.0. The van der Waals surface area contributed by atoms with Crippen molar-refractivity contribution in [2.45, 2.75) is 12.8 Å². The number of rotatable bonds is 0. The highest BCUT2D eigenvalue weighted by molar-refractivity contribution is 5.85. The highest BCUT2D eigenvalue weighted by Crippen LogP contribution is 1.93. The predicted molar refractivity (Wildman–Crippen MR) is 54.1 cm³/mol. The molecule has 0 radical (unpaired) electrons. The minimum atomic E-state index is 0. The smallest absolute Gasteiger partial charge is 0.0104 e. The molecular formula is C7H18Cl2N2. The number of halogens is 2. The van der Waals surface area contributed by atoms with Crippen LogP contribution in [0.4, 0.5) is 0 Å². The van der Waals surface area contributed by atoms with Gasteiger partial charge in [0.2, 0.25) is 0 Å². The topological polar surface area (TPSA) is 15.3 Å². The SMILES string of the molecule is CN1CCCCNCC1.Cl.Cl. The molecule has 1 fully saturated rings. The second-order valence-corrected chi connectivity index (χ2v) is 2.76. The van der Waals surface area contributed by atoms with Crippen LogP contribution >= 0.6 is 24.8 Å². The number of hydrogen-bond donors (Lipinski definition) is 1. The summed E-state index contributed by atoms with van der Waals surface area (Å²) in [6.45, 7) is 4.87. The first-order chi connectivity index (χ1) is 4.39. The fourth-order valence-corrected chi connectivity index (χ4v) is 1.14. The largest absolute Gasteiger partial charge is 0.315 e. The van der Waals surface area contributed by atoms with Crippen molar-refractivity contribution in [1.82, 2.24) is 10.2 Å². The normalized spacial score (nSPS) is 20.5. The van der Waals surface area contributed by atoms with Crippen molar-refractivity contribution in [2.75, 3.05) is 33.2 Å². The standard InChI is InChI=1S/C7H16N2.2ClH/c1-9-6-3-2-4-8-5-7-9;;/h8H,2-7H2,1H3;2*1H. The molecule has 1 rings (SSSR count). The molecule has 4 heteroatoms. The summed E-state index contributed by atoms with van der Waals surface area (Å²) in [7, 11) is 2.19. The van der Waals surface area contributed by atoms with E-state index < -0.39 is 0 Å². The maximum atomic E-state index is 3.38. The molecule has 0 aromatic carbocycles. The van der Waals surface area contributed by atoms with Gasteiger partial charge in [-0.1, -0.05) is 0 Å². The highest BCUT2D eigenvalue weighted by atomic mass is 35.5. The van der Waals surface area contributed by atoms with Crippen molar-refractivity contribution in [3.05, 3.63) is 0 Å². The number of likely N-dealkylation sites (N-methyl/N-ethyl adjacent to an activating group) is 1. The van der Waals surface area contributed by atoms with Crippen molar-refractivity contribution < 1.29 is 0 Å². The van der Waals surface area contributed by atoms with E-state index in [-0.39, 0.29) is 24.8 Å². The summed E-state index contributed by atoms with van der Waals surface area (Å²) >= 11 is 0. The lowest BCUT2D eigenvalue weighted by Crippen LogP contribution is -2.33. The molecule has 0 saturated carbocycles. The van der Waals surface area contributed by atoms with Crippen LogP contribution in [0.2, 0.25) is 0 Å². The Hall–Kier alpha value is 0.500. The van der Waals surface area contributed by atoms with E-state index in [1.54, 1.807) is 0 Å². The third-order valence-electron chi connectivity index (χ3n) is 1.81. The first-order valence-electron chi connectivity index (χ1n) is 3.79. The summed E-state index contributed by atoms with van der Waals surface area (Å²) in [4.78, 5) is 2.38. The Balaban J connectivity index is 0. The molecule has 0 bridgehead atoms. The van der Waals surface area contributed by atoms with E-state index >= 15 is 0 Å². The second kappa shape index (κ2) is 8.60. The van der Waals surface area contributed by atoms with E-state index in [2.05, 4.69) is 17.3 Å². The van der Waals surface area contributed by atoms with Gasteiger partial charge in [-0.3, -0.25) is 0 Å². The van der Waals surface area contributed by atoms with Crippen LogP contribution in [0.3, 0.4) is 0 Å². The Morgan fingerprint density at radius 3 is 2.45 bits per heavy atom. The lowest BCUT2D eigenvalue weighted by Gasteiger charge is -2.19. The highest BCUT2D eigenvalue weighted by Gasteiger charge is 2.00. The Bertz CT molecular complexity index is 72.8. The van der Waals surface area contributed by atoms with Crippen LogP contribution in [-0.2, 0) is 0 Å². The third-order valence-corrected chi connectivity index (χ3v) is 1.81. The monoisotopic (exact) mass is 200 g/mol. The number of hydrogen-bond acceptors (Lipinski definition) is 2. The molecule has 11 heavy (non-hydrogen) atoms. The quantitative estimate of drug-likeness (QED) is 0.632.